The normalized spacial score (nSPS) is 14.9. The van der Waals surface area contributed by atoms with Crippen molar-refractivity contribution >= 4 is 23.4 Å². The molecule has 0 unspecified atom stereocenters. The minimum atomic E-state index is -0.307. The molecule has 1 N–H and O–H groups in total. The number of nitrogens with one attached hydrogen (secondary N) is 1. The van der Waals surface area contributed by atoms with E-state index in [9.17, 15) is 14.0 Å². The van der Waals surface area contributed by atoms with Gasteiger partial charge in [-0.15, -0.1) is 0 Å². The number of halogens is 2. The maximum atomic E-state index is 12.9. The van der Waals surface area contributed by atoms with Gasteiger partial charge in [-0.05, 0) is 54.8 Å². The summed E-state index contributed by atoms with van der Waals surface area (Å²) in [4.78, 5) is 26.4. The molecule has 0 aromatic heterocycles. The Kier molecular flexibility index (Phi) is 5.89. The van der Waals surface area contributed by atoms with Crippen molar-refractivity contribution in [2.24, 2.45) is 0 Å². The molecule has 0 aliphatic carbocycles. The van der Waals surface area contributed by atoms with Crippen molar-refractivity contribution in [1.29, 1.82) is 0 Å². The van der Waals surface area contributed by atoms with Gasteiger partial charge < -0.3 is 10.2 Å². The van der Waals surface area contributed by atoms with Gasteiger partial charge in [-0.1, -0.05) is 23.7 Å². The van der Waals surface area contributed by atoms with E-state index in [0.717, 1.165) is 5.56 Å². The van der Waals surface area contributed by atoms with Crippen LogP contribution < -0.4 is 5.32 Å². The van der Waals surface area contributed by atoms with E-state index in [1.165, 1.54) is 12.1 Å². The number of piperidine rings is 1. The standard InChI is InChI=1S/C20H20ClFN2O2/c21-16-5-3-15(4-6-16)20(26)23-18-9-11-24(12-10-18)19(25)13-14-1-7-17(22)8-2-14/h1-8,18H,9-13H2,(H,23,26). The van der Waals surface area contributed by atoms with Gasteiger partial charge in [0.2, 0.25) is 5.91 Å². The lowest BCUT2D eigenvalue weighted by atomic mass is 10.0. The largest absolute Gasteiger partial charge is 0.349 e. The van der Waals surface area contributed by atoms with Crippen LogP contribution in [-0.2, 0) is 11.2 Å². The smallest absolute Gasteiger partial charge is 0.251 e. The zero-order valence-corrected chi connectivity index (χ0v) is 15.0. The quantitative estimate of drug-likeness (QED) is 0.891. The summed E-state index contributed by atoms with van der Waals surface area (Å²) in [5.74, 6) is -0.407. The number of hydrogen-bond donors (Lipinski definition) is 1. The predicted molar refractivity (Wildman–Crippen MR) is 98.6 cm³/mol. The van der Waals surface area contributed by atoms with Gasteiger partial charge in [0.25, 0.3) is 5.91 Å². The molecule has 1 aliphatic rings. The molecular weight excluding hydrogens is 355 g/mol. The Morgan fingerprint density at radius 2 is 1.65 bits per heavy atom. The summed E-state index contributed by atoms with van der Waals surface area (Å²) in [7, 11) is 0. The summed E-state index contributed by atoms with van der Waals surface area (Å²) in [5.41, 5.74) is 1.37. The van der Waals surface area contributed by atoms with E-state index in [-0.39, 0.29) is 30.1 Å². The number of rotatable bonds is 4. The average Bonchev–Trinajstić information content (AvgIpc) is 2.64. The molecule has 26 heavy (non-hydrogen) atoms. The third-order valence-electron chi connectivity index (χ3n) is 4.56. The second-order valence-electron chi connectivity index (χ2n) is 6.44. The predicted octanol–water partition coefficient (Wildman–Crippen LogP) is 3.44. The number of amides is 2. The van der Waals surface area contributed by atoms with Crippen LogP contribution in [-0.4, -0.2) is 35.8 Å². The second kappa shape index (κ2) is 8.32. The van der Waals surface area contributed by atoms with E-state index < -0.39 is 0 Å². The molecule has 1 aliphatic heterocycles. The molecule has 3 rings (SSSR count). The highest BCUT2D eigenvalue weighted by Crippen LogP contribution is 2.15. The molecule has 2 aromatic carbocycles. The topological polar surface area (TPSA) is 49.4 Å². The van der Waals surface area contributed by atoms with Crippen molar-refractivity contribution in [3.05, 3.63) is 70.5 Å². The van der Waals surface area contributed by atoms with E-state index in [1.54, 1.807) is 41.3 Å². The van der Waals surface area contributed by atoms with Crippen molar-refractivity contribution in [3.63, 3.8) is 0 Å². The highest BCUT2D eigenvalue weighted by atomic mass is 35.5. The molecule has 0 bridgehead atoms. The first-order chi connectivity index (χ1) is 12.5. The fourth-order valence-corrected chi connectivity index (χ4v) is 3.16. The molecule has 1 saturated heterocycles. The molecular formula is C20H20ClFN2O2. The molecule has 2 amide bonds. The Morgan fingerprint density at radius 3 is 2.27 bits per heavy atom. The lowest BCUT2D eigenvalue weighted by molar-refractivity contribution is -0.131. The highest BCUT2D eigenvalue weighted by Gasteiger charge is 2.24. The molecule has 0 radical (unpaired) electrons. The van der Waals surface area contributed by atoms with Crippen LogP contribution in [0.4, 0.5) is 4.39 Å². The third-order valence-corrected chi connectivity index (χ3v) is 4.81. The van der Waals surface area contributed by atoms with Crippen LogP contribution in [0.5, 0.6) is 0 Å². The fourth-order valence-electron chi connectivity index (χ4n) is 3.03. The van der Waals surface area contributed by atoms with Gasteiger partial charge in [0.15, 0.2) is 0 Å². The molecule has 0 saturated carbocycles. The lowest BCUT2D eigenvalue weighted by Crippen LogP contribution is -2.46. The van der Waals surface area contributed by atoms with Crippen LogP contribution in [0.3, 0.4) is 0 Å². The minimum Gasteiger partial charge on any atom is -0.349 e. The van der Waals surface area contributed by atoms with Crippen molar-refractivity contribution in [2.45, 2.75) is 25.3 Å². The summed E-state index contributed by atoms with van der Waals surface area (Å²) in [6.07, 6.45) is 1.70. The Morgan fingerprint density at radius 1 is 1.04 bits per heavy atom. The van der Waals surface area contributed by atoms with Crippen molar-refractivity contribution in [3.8, 4) is 0 Å². The Bertz CT molecular complexity index is 769. The maximum Gasteiger partial charge on any atom is 0.251 e. The van der Waals surface area contributed by atoms with Crippen LogP contribution in [0.1, 0.15) is 28.8 Å². The Balaban J connectivity index is 1.47. The lowest BCUT2D eigenvalue weighted by Gasteiger charge is -2.32. The average molecular weight is 375 g/mol. The number of likely N-dealkylation sites (tertiary alicyclic amines) is 1. The SMILES string of the molecule is O=C(NC1CCN(C(=O)Cc2ccc(F)cc2)CC1)c1ccc(Cl)cc1. The monoisotopic (exact) mass is 374 g/mol. The number of carbonyl (C=O) groups is 2. The summed E-state index contributed by atoms with van der Waals surface area (Å²) in [5, 5.41) is 3.60. The Labute approximate surface area is 157 Å². The number of carbonyl (C=O) groups excluding carboxylic acids is 2. The Hall–Kier alpha value is -2.40. The maximum absolute atomic E-state index is 12.9. The number of benzene rings is 2. The first-order valence-corrected chi connectivity index (χ1v) is 8.98. The van der Waals surface area contributed by atoms with Gasteiger partial charge in [0.05, 0.1) is 6.42 Å². The summed E-state index contributed by atoms with van der Waals surface area (Å²) >= 11 is 5.83. The van der Waals surface area contributed by atoms with Crippen LogP contribution in [0.25, 0.3) is 0 Å². The van der Waals surface area contributed by atoms with E-state index in [1.807, 2.05) is 0 Å². The zero-order chi connectivity index (χ0) is 18.5. The van der Waals surface area contributed by atoms with Crippen LogP contribution >= 0.6 is 11.6 Å². The first kappa shape index (κ1) is 18.4. The minimum absolute atomic E-state index is 0.0269. The second-order valence-corrected chi connectivity index (χ2v) is 6.88. The number of nitrogens with zero attached hydrogens (tertiary/aromatic N) is 1. The van der Waals surface area contributed by atoms with E-state index in [4.69, 9.17) is 11.6 Å². The van der Waals surface area contributed by atoms with Crippen LogP contribution in [0.15, 0.2) is 48.5 Å². The third kappa shape index (κ3) is 4.82. The number of hydrogen-bond acceptors (Lipinski definition) is 2. The van der Waals surface area contributed by atoms with E-state index in [2.05, 4.69) is 5.32 Å². The molecule has 2 aromatic rings. The van der Waals surface area contributed by atoms with Crippen LogP contribution in [0.2, 0.25) is 5.02 Å². The van der Waals surface area contributed by atoms with Crippen LogP contribution in [0, 0.1) is 5.82 Å². The molecule has 136 valence electrons. The molecule has 1 fully saturated rings. The molecule has 1 heterocycles. The van der Waals surface area contributed by atoms with Gasteiger partial charge in [-0.25, -0.2) is 4.39 Å². The summed E-state index contributed by atoms with van der Waals surface area (Å²) in [6, 6.07) is 12.8. The van der Waals surface area contributed by atoms with Gasteiger partial charge in [-0.3, -0.25) is 9.59 Å². The fraction of sp³-hybridized carbons (Fsp3) is 0.300. The van der Waals surface area contributed by atoms with E-state index in [0.29, 0.717) is 36.5 Å². The molecule has 4 nitrogen and oxygen atoms in total. The molecule has 0 atom stereocenters. The van der Waals surface area contributed by atoms with Gasteiger partial charge in [0.1, 0.15) is 5.82 Å². The molecule has 0 spiro atoms. The summed E-state index contributed by atoms with van der Waals surface area (Å²) in [6.45, 7) is 1.21. The van der Waals surface area contributed by atoms with Crippen molar-refractivity contribution < 1.29 is 14.0 Å². The van der Waals surface area contributed by atoms with Gasteiger partial charge in [-0.2, -0.15) is 0 Å². The van der Waals surface area contributed by atoms with Gasteiger partial charge >= 0.3 is 0 Å². The molecule has 6 heteroatoms. The van der Waals surface area contributed by atoms with Gasteiger partial charge in [0, 0.05) is 29.7 Å². The zero-order valence-electron chi connectivity index (χ0n) is 14.3. The van der Waals surface area contributed by atoms with E-state index >= 15 is 0 Å². The summed E-state index contributed by atoms with van der Waals surface area (Å²) < 4.78 is 12.9. The van der Waals surface area contributed by atoms with Crippen molar-refractivity contribution in [2.75, 3.05) is 13.1 Å². The highest BCUT2D eigenvalue weighted by molar-refractivity contribution is 6.30. The van der Waals surface area contributed by atoms with Crippen molar-refractivity contribution in [1.82, 2.24) is 10.2 Å². The first-order valence-electron chi connectivity index (χ1n) is 8.60.